The Morgan fingerprint density at radius 3 is 2.55 bits per heavy atom. The molecule has 0 aliphatic carbocycles. The van der Waals surface area contributed by atoms with Gasteiger partial charge in [-0.15, -0.1) is 12.6 Å². The minimum atomic E-state index is 0. The topological polar surface area (TPSA) is 3.24 Å². The second kappa shape index (κ2) is 5.41. The zero-order chi connectivity index (χ0) is 7.56. The summed E-state index contributed by atoms with van der Waals surface area (Å²) in [7, 11) is 0. The van der Waals surface area contributed by atoms with Gasteiger partial charge in [0.1, 0.15) is 4.32 Å². The summed E-state index contributed by atoms with van der Waals surface area (Å²) in [5.74, 6) is 0. The largest absolute Gasteiger partial charge is 3.00 e. The van der Waals surface area contributed by atoms with Crippen LogP contribution < -0.4 is 0 Å². The molecule has 1 fully saturated rings. The number of hydrogen-bond acceptors (Lipinski definition) is 1. The monoisotopic (exact) mass is 231 g/mol. The van der Waals surface area contributed by atoms with Gasteiger partial charge >= 0.3 is 17.1 Å². The molecule has 0 saturated carbocycles. The van der Waals surface area contributed by atoms with E-state index in [2.05, 4.69) is 24.5 Å². The number of thiocarbonyl (C=S) groups is 1. The first kappa shape index (κ1) is 11.8. The van der Waals surface area contributed by atoms with Crippen LogP contribution in [0.4, 0.5) is 0 Å². The van der Waals surface area contributed by atoms with Gasteiger partial charge in [-0.25, -0.2) is 0 Å². The molecular formula is C7H13FeNS2+3. The fourth-order valence-electron chi connectivity index (χ4n) is 1.38. The smallest absolute Gasteiger partial charge is 0.355 e. The molecule has 1 heterocycles. The summed E-state index contributed by atoms with van der Waals surface area (Å²) in [6.45, 7) is 3.31. The quantitative estimate of drug-likeness (QED) is 0.386. The van der Waals surface area contributed by atoms with Gasteiger partial charge in [-0.1, -0.05) is 12.2 Å². The maximum Gasteiger partial charge on any atom is 3.00 e. The summed E-state index contributed by atoms with van der Waals surface area (Å²) >= 11 is 9.14. The van der Waals surface area contributed by atoms with Crippen molar-refractivity contribution in [3.63, 3.8) is 0 Å². The number of piperidine rings is 1. The molecule has 1 nitrogen and oxygen atoms in total. The van der Waals surface area contributed by atoms with Crippen molar-refractivity contribution in [2.45, 2.75) is 32.2 Å². The molecule has 0 amide bonds. The predicted octanol–water partition coefficient (Wildman–Crippen LogP) is 2.07. The van der Waals surface area contributed by atoms with Gasteiger partial charge in [0.2, 0.25) is 0 Å². The Kier molecular flexibility index (Phi) is 5.79. The minimum absolute atomic E-state index is 0. The molecule has 63 valence electrons. The van der Waals surface area contributed by atoms with Crippen molar-refractivity contribution in [1.82, 2.24) is 4.90 Å². The molecule has 1 atom stereocenters. The van der Waals surface area contributed by atoms with E-state index in [4.69, 9.17) is 12.2 Å². The van der Waals surface area contributed by atoms with Gasteiger partial charge in [-0.3, -0.25) is 0 Å². The van der Waals surface area contributed by atoms with Crippen molar-refractivity contribution in [2.24, 2.45) is 0 Å². The van der Waals surface area contributed by atoms with Crippen LogP contribution in [0.15, 0.2) is 0 Å². The van der Waals surface area contributed by atoms with Gasteiger partial charge in [0.05, 0.1) is 0 Å². The molecule has 0 N–H and O–H groups in total. The van der Waals surface area contributed by atoms with Crippen molar-refractivity contribution in [2.75, 3.05) is 6.54 Å². The molecule has 1 aliphatic heterocycles. The van der Waals surface area contributed by atoms with Gasteiger partial charge in [0.15, 0.2) is 0 Å². The molecule has 1 rings (SSSR count). The average Bonchev–Trinajstić information content (AvgIpc) is 1.88. The molecule has 1 aliphatic rings. The van der Waals surface area contributed by atoms with Crippen LogP contribution in [0, 0.1) is 0 Å². The van der Waals surface area contributed by atoms with Gasteiger partial charge < -0.3 is 4.90 Å². The van der Waals surface area contributed by atoms with Crippen LogP contribution in [0.25, 0.3) is 0 Å². The summed E-state index contributed by atoms with van der Waals surface area (Å²) in [5, 5.41) is 0. The van der Waals surface area contributed by atoms with E-state index >= 15 is 0 Å². The fourth-order valence-corrected chi connectivity index (χ4v) is 1.95. The Labute approximate surface area is 89.8 Å². The number of hydrogen-bond donors (Lipinski definition) is 1. The second-order valence-corrected chi connectivity index (χ2v) is 3.93. The zero-order valence-corrected chi connectivity index (χ0v) is 9.38. The predicted molar refractivity (Wildman–Crippen MR) is 51.6 cm³/mol. The summed E-state index contributed by atoms with van der Waals surface area (Å²) in [6, 6.07) is 0.610. The van der Waals surface area contributed by atoms with E-state index in [1.807, 2.05) is 0 Å². The van der Waals surface area contributed by atoms with Crippen LogP contribution >= 0.6 is 24.8 Å². The van der Waals surface area contributed by atoms with E-state index in [-0.39, 0.29) is 17.1 Å². The number of likely N-dealkylation sites (tertiary alicyclic amines) is 1. The molecule has 1 saturated heterocycles. The van der Waals surface area contributed by atoms with E-state index in [0.717, 1.165) is 10.9 Å². The van der Waals surface area contributed by atoms with Crippen LogP contribution in [0.1, 0.15) is 26.2 Å². The SMILES string of the molecule is CC1CCCCN1C(=S)S.[Fe+3]. The first-order valence-electron chi connectivity index (χ1n) is 3.71. The third kappa shape index (κ3) is 3.32. The zero-order valence-electron chi connectivity index (χ0n) is 6.56. The van der Waals surface area contributed by atoms with Crippen LogP contribution in [-0.2, 0) is 17.1 Å². The van der Waals surface area contributed by atoms with Crippen LogP contribution in [0.5, 0.6) is 0 Å². The Morgan fingerprint density at radius 1 is 1.55 bits per heavy atom. The average molecular weight is 231 g/mol. The van der Waals surface area contributed by atoms with Crippen molar-refractivity contribution in [1.29, 1.82) is 0 Å². The molecule has 0 aromatic rings. The Bertz CT molecular complexity index is 140. The molecule has 0 aromatic heterocycles. The molecule has 0 spiro atoms. The Morgan fingerprint density at radius 2 is 2.18 bits per heavy atom. The van der Waals surface area contributed by atoms with Gasteiger partial charge in [0.25, 0.3) is 0 Å². The molecular weight excluding hydrogens is 218 g/mol. The van der Waals surface area contributed by atoms with Crippen LogP contribution in [0.3, 0.4) is 0 Å². The molecule has 1 unspecified atom stereocenters. The standard InChI is InChI=1S/C7H13NS2.Fe/c1-6-4-2-3-5-8(6)7(9)10;/h6H,2-5H2,1H3,(H,9,10);/q;+3. The van der Waals surface area contributed by atoms with Crippen molar-refractivity contribution in [3.05, 3.63) is 0 Å². The molecule has 0 aromatic carbocycles. The Balaban J connectivity index is 0.000001000. The van der Waals surface area contributed by atoms with Gasteiger partial charge in [-0.2, -0.15) is 0 Å². The van der Waals surface area contributed by atoms with Crippen molar-refractivity contribution >= 4 is 29.2 Å². The van der Waals surface area contributed by atoms with E-state index in [1.54, 1.807) is 0 Å². The second-order valence-electron chi connectivity index (χ2n) is 2.82. The third-order valence-electron chi connectivity index (χ3n) is 2.05. The molecule has 1 radical (unpaired) electrons. The fraction of sp³-hybridized carbons (Fsp3) is 0.857. The number of thiol groups is 1. The maximum absolute atomic E-state index is 4.98. The van der Waals surface area contributed by atoms with Gasteiger partial charge in [0, 0.05) is 12.6 Å². The van der Waals surface area contributed by atoms with Gasteiger partial charge in [-0.05, 0) is 26.2 Å². The third-order valence-corrected chi connectivity index (χ3v) is 2.54. The van der Waals surface area contributed by atoms with E-state index < -0.39 is 0 Å². The first-order chi connectivity index (χ1) is 4.72. The first-order valence-corrected chi connectivity index (χ1v) is 4.57. The van der Waals surface area contributed by atoms with Crippen molar-refractivity contribution < 1.29 is 17.1 Å². The van der Waals surface area contributed by atoms with E-state index in [1.165, 1.54) is 19.3 Å². The maximum atomic E-state index is 4.98. The summed E-state index contributed by atoms with van der Waals surface area (Å²) in [4.78, 5) is 2.20. The van der Waals surface area contributed by atoms with E-state index in [9.17, 15) is 0 Å². The minimum Gasteiger partial charge on any atom is -0.355 e. The van der Waals surface area contributed by atoms with E-state index in [0.29, 0.717) is 6.04 Å². The summed E-state index contributed by atoms with van der Waals surface area (Å²) < 4.78 is 0.757. The summed E-state index contributed by atoms with van der Waals surface area (Å²) in [6.07, 6.45) is 3.87. The number of nitrogens with zero attached hydrogens (tertiary/aromatic N) is 1. The van der Waals surface area contributed by atoms with Crippen LogP contribution in [0.2, 0.25) is 0 Å². The van der Waals surface area contributed by atoms with Crippen LogP contribution in [-0.4, -0.2) is 21.8 Å². The molecule has 4 heteroatoms. The number of rotatable bonds is 0. The normalized spacial score (nSPS) is 24.2. The van der Waals surface area contributed by atoms with Crippen molar-refractivity contribution in [3.8, 4) is 0 Å². The Hall–Kier alpha value is 0.759. The summed E-state index contributed by atoms with van der Waals surface area (Å²) in [5.41, 5.74) is 0. The molecule has 0 bridgehead atoms. The molecule has 11 heavy (non-hydrogen) atoms.